The molecule has 1 saturated heterocycles. The van der Waals surface area contributed by atoms with Crippen LogP contribution in [0.2, 0.25) is 0 Å². The van der Waals surface area contributed by atoms with Gasteiger partial charge in [0.1, 0.15) is 0 Å². The molecule has 2 atom stereocenters. The summed E-state index contributed by atoms with van der Waals surface area (Å²) in [6, 6.07) is 5.62. The second kappa shape index (κ2) is 8.61. The molecule has 0 aromatic heterocycles. The number of hydrogen-bond acceptors (Lipinski definition) is 5. The predicted octanol–water partition coefficient (Wildman–Crippen LogP) is 0.949. The lowest BCUT2D eigenvalue weighted by atomic mass is 10.1. The fourth-order valence-corrected chi connectivity index (χ4v) is 3.90. The Kier molecular flexibility index (Phi) is 6.74. The number of nitrogens with one attached hydrogen (secondary N) is 2. The Morgan fingerprint density at radius 2 is 1.96 bits per heavy atom. The number of ether oxygens (including phenoxy) is 1. The normalized spacial score (nSPS) is 18.5. The molecule has 2 rings (SSSR count). The van der Waals surface area contributed by atoms with Crippen LogP contribution in [0.15, 0.2) is 29.2 Å². The first kappa shape index (κ1) is 20.3. The van der Waals surface area contributed by atoms with Crippen molar-refractivity contribution in [1.82, 2.24) is 9.62 Å². The Morgan fingerprint density at radius 1 is 1.31 bits per heavy atom. The molecular weight excluding hydrogens is 358 g/mol. The molecule has 2 amide bonds. The van der Waals surface area contributed by atoms with Crippen LogP contribution in [0.4, 0.5) is 5.69 Å². The Morgan fingerprint density at radius 3 is 2.50 bits per heavy atom. The molecule has 9 heteroatoms. The smallest absolute Gasteiger partial charge is 0.243 e. The lowest BCUT2D eigenvalue weighted by Crippen LogP contribution is -2.45. The van der Waals surface area contributed by atoms with E-state index >= 15 is 0 Å². The topological polar surface area (TPSA) is 105 Å². The molecule has 0 saturated carbocycles. The molecule has 1 heterocycles. The van der Waals surface area contributed by atoms with Crippen LogP contribution >= 0.6 is 0 Å². The SMILES string of the molecule is CC(=O)Nc1ccc(S(=O)(=O)N(C)CC(=O)NC(C)C2CCCO2)cc1. The van der Waals surface area contributed by atoms with Gasteiger partial charge in [-0.2, -0.15) is 4.31 Å². The van der Waals surface area contributed by atoms with Gasteiger partial charge in [0, 0.05) is 26.3 Å². The van der Waals surface area contributed by atoms with Crippen LogP contribution in [0.1, 0.15) is 26.7 Å². The largest absolute Gasteiger partial charge is 0.376 e. The van der Waals surface area contributed by atoms with Crippen LogP contribution in [-0.4, -0.2) is 56.9 Å². The number of nitrogens with zero attached hydrogens (tertiary/aromatic N) is 1. The fourth-order valence-electron chi connectivity index (χ4n) is 2.77. The Hall–Kier alpha value is -1.97. The van der Waals surface area contributed by atoms with E-state index < -0.39 is 10.0 Å². The van der Waals surface area contributed by atoms with Crippen LogP contribution in [0.3, 0.4) is 0 Å². The standard InChI is InChI=1S/C17H25N3O5S/c1-12(16-5-4-10-25-16)18-17(22)11-20(3)26(23,24)15-8-6-14(7-9-15)19-13(2)21/h6-9,12,16H,4-5,10-11H2,1-3H3,(H,18,22)(H,19,21). The van der Waals surface area contributed by atoms with E-state index in [1.165, 1.54) is 38.2 Å². The summed E-state index contributed by atoms with van der Waals surface area (Å²) in [6.45, 7) is 3.62. The van der Waals surface area contributed by atoms with Gasteiger partial charge in [0.15, 0.2) is 0 Å². The fraction of sp³-hybridized carbons (Fsp3) is 0.529. The molecular formula is C17H25N3O5S. The number of carbonyl (C=O) groups is 2. The van der Waals surface area contributed by atoms with Gasteiger partial charge in [-0.25, -0.2) is 8.42 Å². The summed E-state index contributed by atoms with van der Waals surface area (Å²) in [5.41, 5.74) is 0.502. The van der Waals surface area contributed by atoms with Gasteiger partial charge in [-0.3, -0.25) is 9.59 Å². The maximum absolute atomic E-state index is 12.6. The number of sulfonamides is 1. The minimum atomic E-state index is -3.81. The number of anilines is 1. The second-order valence-electron chi connectivity index (χ2n) is 6.37. The van der Waals surface area contributed by atoms with E-state index in [4.69, 9.17) is 4.74 Å². The molecule has 0 spiro atoms. The van der Waals surface area contributed by atoms with Gasteiger partial charge < -0.3 is 15.4 Å². The van der Waals surface area contributed by atoms with Crippen molar-refractivity contribution in [1.29, 1.82) is 0 Å². The second-order valence-corrected chi connectivity index (χ2v) is 8.42. The van der Waals surface area contributed by atoms with E-state index in [0.717, 1.165) is 17.1 Å². The molecule has 0 radical (unpaired) electrons. The van der Waals surface area contributed by atoms with Crippen LogP contribution < -0.4 is 10.6 Å². The van der Waals surface area contributed by atoms with Crippen molar-refractivity contribution >= 4 is 27.5 Å². The first-order chi connectivity index (χ1) is 12.2. The highest BCUT2D eigenvalue weighted by Gasteiger charge is 2.26. The molecule has 144 valence electrons. The number of rotatable bonds is 7. The van der Waals surface area contributed by atoms with Crippen LogP contribution in [0.25, 0.3) is 0 Å². The van der Waals surface area contributed by atoms with Crippen molar-refractivity contribution in [2.45, 2.75) is 43.7 Å². The lowest BCUT2D eigenvalue weighted by molar-refractivity contribution is -0.122. The zero-order chi connectivity index (χ0) is 19.3. The van der Waals surface area contributed by atoms with Gasteiger partial charge in [0.25, 0.3) is 0 Å². The summed E-state index contributed by atoms with van der Waals surface area (Å²) in [5.74, 6) is -0.622. The quantitative estimate of drug-likeness (QED) is 0.729. The molecule has 1 aliphatic rings. The minimum Gasteiger partial charge on any atom is -0.376 e. The van der Waals surface area contributed by atoms with E-state index in [-0.39, 0.29) is 35.4 Å². The third-order valence-electron chi connectivity index (χ3n) is 4.16. The van der Waals surface area contributed by atoms with Gasteiger partial charge in [-0.15, -0.1) is 0 Å². The number of hydrogen-bond donors (Lipinski definition) is 2. The van der Waals surface area contributed by atoms with Crippen molar-refractivity contribution in [2.75, 3.05) is 25.5 Å². The third-order valence-corrected chi connectivity index (χ3v) is 5.98. The summed E-state index contributed by atoms with van der Waals surface area (Å²) in [6.07, 6.45) is 1.83. The summed E-state index contributed by atoms with van der Waals surface area (Å²) < 4.78 is 31.7. The number of carbonyl (C=O) groups excluding carboxylic acids is 2. The Labute approximate surface area is 153 Å². The van der Waals surface area contributed by atoms with Crippen molar-refractivity contribution in [3.63, 3.8) is 0 Å². The first-order valence-electron chi connectivity index (χ1n) is 8.45. The molecule has 8 nitrogen and oxygen atoms in total. The maximum Gasteiger partial charge on any atom is 0.243 e. The van der Waals surface area contributed by atoms with E-state index in [1.54, 1.807) is 0 Å². The lowest BCUT2D eigenvalue weighted by Gasteiger charge is -2.22. The molecule has 1 aromatic rings. The van der Waals surface area contributed by atoms with E-state index in [0.29, 0.717) is 12.3 Å². The number of amides is 2. The van der Waals surface area contributed by atoms with E-state index in [1.807, 2.05) is 6.92 Å². The Bertz CT molecular complexity index is 742. The molecule has 2 N–H and O–H groups in total. The summed E-state index contributed by atoms with van der Waals surface area (Å²) in [5, 5.41) is 5.36. The molecule has 2 unspecified atom stereocenters. The van der Waals surface area contributed by atoms with Crippen molar-refractivity contribution < 1.29 is 22.7 Å². The number of likely N-dealkylation sites (N-methyl/N-ethyl adjacent to an activating group) is 1. The van der Waals surface area contributed by atoms with Gasteiger partial charge in [-0.1, -0.05) is 0 Å². The highest BCUT2D eigenvalue weighted by Crippen LogP contribution is 2.18. The molecule has 26 heavy (non-hydrogen) atoms. The average Bonchev–Trinajstić information content (AvgIpc) is 3.09. The van der Waals surface area contributed by atoms with Crippen LogP contribution in [0.5, 0.6) is 0 Å². The van der Waals surface area contributed by atoms with Crippen LogP contribution in [0, 0.1) is 0 Å². The van der Waals surface area contributed by atoms with Crippen molar-refractivity contribution in [3.8, 4) is 0 Å². The zero-order valence-electron chi connectivity index (χ0n) is 15.2. The number of benzene rings is 1. The third kappa shape index (κ3) is 5.26. The van der Waals surface area contributed by atoms with E-state index in [2.05, 4.69) is 10.6 Å². The predicted molar refractivity (Wildman–Crippen MR) is 97.1 cm³/mol. The van der Waals surface area contributed by atoms with Crippen molar-refractivity contribution in [2.24, 2.45) is 0 Å². The minimum absolute atomic E-state index is 0.0258. The molecule has 0 aliphatic carbocycles. The maximum atomic E-state index is 12.6. The van der Waals surface area contributed by atoms with Crippen LogP contribution in [-0.2, 0) is 24.3 Å². The average molecular weight is 383 g/mol. The summed E-state index contributed by atoms with van der Waals surface area (Å²) >= 11 is 0. The highest BCUT2D eigenvalue weighted by molar-refractivity contribution is 7.89. The Balaban J connectivity index is 1.96. The molecule has 1 aliphatic heterocycles. The highest BCUT2D eigenvalue weighted by atomic mass is 32.2. The molecule has 0 bridgehead atoms. The first-order valence-corrected chi connectivity index (χ1v) is 9.89. The summed E-state index contributed by atoms with van der Waals surface area (Å²) in [4.78, 5) is 23.2. The monoisotopic (exact) mass is 383 g/mol. The van der Waals surface area contributed by atoms with Gasteiger partial charge in [0.2, 0.25) is 21.8 Å². The van der Waals surface area contributed by atoms with Crippen molar-refractivity contribution in [3.05, 3.63) is 24.3 Å². The van der Waals surface area contributed by atoms with Gasteiger partial charge >= 0.3 is 0 Å². The molecule has 1 fully saturated rings. The van der Waals surface area contributed by atoms with E-state index in [9.17, 15) is 18.0 Å². The molecule has 1 aromatic carbocycles. The summed E-state index contributed by atoms with van der Waals surface area (Å²) in [7, 11) is -2.45. The van der Waals surface area contributed by atoms with Gasteiger partial charge in [-0.05, 0) is 44.0 Å². The van der Waals surface area contributed by atoms with Gasteiger partial charge in [0.05, 0.1) is 23.6 Å². The zero-order valence-corrected chi connectivity index (χ0v) is 16.0.